The molecule has 43 heavy (non-hydrogen) atoms. The number of halogens is 1. The second kappa shape index (κ2) is 13.8. The Bertz CT molecular complexity index is 1710. The van der Waals surface area contributed by atoms with Crippen LogP contribution in [-0.2, 0) is 19.6 Å². The van der Waals surface area contributed by atoms with Crippen LogP contribution in [0.3, 0.4) is 0 Å². The second-order valence-corrected chi connectivity index (χ2v) is 12.5. The first kappa shape index (κ1) is 31.7. The number of benzene rings is 3. The smallest absolute Gasteiger partial charge is 0.264 e. The summed E-state index contributed by atoms with van der Waals surface area (Å²) in [5.74, 6) is -1.44. The van der Waals surface area contributed by atoms with Gasteiger partial charge in [0.15, 0.2) is 12.4 Å². The van der Waals surface area contributed by atoms with E-state index in [1.165, 1.54) is 42.5 Å². The van der Waals surface area contributed by atoms with Crippen molar-refractivity contribution in [1.82, 2.24) is 9.62 Å². The Morgan fingerprint density at radius 1 is 0.977 bits per heavy atom. The fourth-order valence-electron chi connectivity index (χ4n) is 4.77. The molecule has 0 saturated carbocycles. The van der Waals surface area contributed by atoms with E-state index in [9.17, 15) is 28.1 Å². The molecule has 224 valence electrons. The minimum Gasteiger partial charge on any atom is -0.483 e. The lowest BCUT2D eigenvalue weighted by Gasteiger charge is -2.25. The lowest BCUT2D eigenvalue weighted by atomic mass is 9.98. The molecule has 4 rings (SSSR count). The normalized spacial score (nSPS) is 13.5. The molecular formula is C31H31ClN4O6S. The first-order chi connectivity index (χ1) is 20.4. The first-order valence-corrected chi connectivity index (χ1v) is 15.5. The van der Waals surface area contributed by atoms with Crippen molar-refractivity contribution in [2.75, 3.05) is 31.6 Å². The zero-order chi connectivity index (χ0) is 31.1. The largest absolute Gasteiger partial charge is 0.483 e. The van der Waals surface area contributed by atoms with Crippen LogP contribution in [0.2, 0.25) is 5.02 Å². The molecule has 1 fully saturated rings. The maximum absolute atomic E-state index is 13.3. The summed E-state index contributed by atoms with van der Waals surface area (Å²) in [7, 11) is -4.10. The van der Waals surface area contributed by atoms with Crippen LogP contribution >= 0.6 is 11.6 Å². The molecule has 1 aliphatic heterocycles. The van der Waals surface area contributed by atoms with Crippen LogP contribution in [-0.4, -0.2) is 57.2 Å². The maximum Gasteiger partial charge on any atom is 0.264 e. The topological polar surface area (TPSA) is 146 Å². The highest BCUT2D eigenvalue weighted by atomic mass is 35.5. The molecule has 1 saturated heterocycles. The number of hydrogen-bond acceptors (Lipinski definition) is 8. The fourth-order valence-corrected chi connectivity index (χ4v) is 6.01. The van der Waals surface area contributed by atoms with Crippen molar-refractivity contribution < 1.29 is 27.5 Å². The van der Waals surface area contributed by atoms with Crippen LogP contribution in [0.25, 0.3) is 0 Å². The van der Waals surface area contributed by atoms with Crippen LogP contribution in [0.4, 0.5) is 5.69 Å². The predicted octanol–water partition coefficient (Wildman–Crippen LogP) is 4.37. The average Bonchev–Trinajstić information content (AvgIpc) is 2.96. The van der Waals surface area contributed by atoms with E-state index in [2.05, 4.69) is 10.0 Å². The third-order valence-corrected chi connectivity index (χ3v) is 8.47. The van der Waals surface area contributed by atoms with Gasteiger partial charge in [-0.2, -0.15) is 5.26 Å². The Morgan fingerprint density at radius 2 is 1.72 bits per heavy atom. The van der Waals surface area contributed by atoms with E-state index in [0.29, 0.717) is 21.8 Å². The SMILES string of the molecule is Cc1cc(C#N)cc(C(=O)c2cc(Cl)ccc2OCC(=O)Nc2ccc(S(=O)(=O)NC(=O)CN3CCCCC3)cc2C)c1. The Morgan fingerprint density at radius 3 is 2.42 bits per heavy atom. The van der Waals surface area contributed by atoms with Crippen molar-refractivity contribution in [2.45, 2.75) is 38.0 Å². The molecule has 2 N–H and O–H groups in total. The third-order valence-electron chi connectivity index (χ3n) is 6.86. The van der Waals surface area contributed by atoms with Gasteiger partial charge in [0.25, 0.3) is 15.9 Å². The number of carbonyl (C=O) groups is 3. The Balaban J connectivity index is 1.40. The summed E-state index contributed by atoms with van der Waals surface area (Å²) in [5.41, 5.74) is 2.28. The number of rotatable bonds is 10. The van der Waals surface area contributed by atoms with Crippen LogP contribution in [0.1, 0.15) is 51.9 Å². The molecule has 0 bridgehead atoms. The van der Waals surface area contributed by atoms with E-state index in [4.69, 9.17) is 16.3 Å². The Kier molecular flexibility index (Phi) is 10.2. The first-order valence-electron chi connectivity index (χ1n) is 13.6. The molecule has 3 aromatic carbocycles. The third kappa shape index (κ3) is 8.41. The lowest BCUT2D eigenvalue weighted by Crippen LogP contribution is -2.41. The highest BCUT2D eigenvalue weighted by Crippen LogP contribution is 2.27. The summed E-state index contributed by atoms with van der Waals surface area (Å²) in [6, 6.07) is 15.3. The molecule has 2 amide bonds. The molecule has 3 aromatic rings. The number of nitriles is 1. The van der Waals surface area contributed by atoms with Crippen molar-refractivity contribution >= 4 is 44.9 Å². The molecule has 1 heterocycles. The van der Waals surface area contributed by atoms with E-state index < -0.39 is 34.2 Å². The number of sulfonamides is 1. The van der Waals surface area contributed by atoms with Gasteiger partial charge >= 0.3 is 0 Å². The minimum absolute atomic E-state index is 0.0131. The van der Waals surface area contributed by atoms with Crippen LogP contribution in [0.15, 0.2) is 59.5 Å². The summed E-state index contributed by atoms with van der Waals surface area (Å²) >= 11 is 6.13. The van der Waals surface area contributed by atoms with E-state index in [1.54, 1.807) is 26.0 Å². The molecule has 0 spiro atoms. The zero-order valence-electron chi connectivity index (χ0n) is 23.8. The number of carbonyl (C=O) groups excluding carboxylic acids is 3. The molecule has 12 heteroatoms. The van der Waals surface area contributed by atoms with Crippen molar-refractivity contribution in [1.29, 1.82) is 5.26 Å². The molecular weight excluding hydrogens is 592 g/mol. The zero-order valence-corrected chi connectivity index (χ0v) is 25.3. The van der Waals surface area contributed by atoms with E-state index in [0.717, 1.165) is 37.9 Å². The molecule has 0 aliphatic carbocycles. The average molecular weight is 623 g/mol. The summed E-state index contributed by atoms with van der Waals surface area (Å²) < 4.78 is 33.4. The molecule has 1 aliphatic rings. The van der Waals surface area contributed by atoms with E-state index >= 15 is 0 Å². The lowest BCUT2D eigenvalue weighted by molar-refractivity contribution is -0.120. The van der Waals surface area contributed by atoms with Gasteiger partial charge in [-0.1, -0.05) is 18.0 Å². The van der Waals surface area contributed by atoms with Gasteiger partial charge in [-0.15, -0.1) is 0 Å². The van der Waals surface area contributed by atoms with Gasteiger partial charge < -0.3 is 10.1 Å². The van der Waals surface area contributed by atoms with Crippen molar-refractivity contribution in [3.8, 4) is 11.8 Å². The second-order valence-electron chi connectivity index (χ2n) is 10.3. The summed E-state index contributed by atoms with van der Waals surface area (Å²) in [6.45, 7) is 4.48. The predicted molar refractivity (Wildman–Crippen MR) is 162 cm³/mol. The van der Waals surface area contributed by atoms with E-state index in [1.807, 2.05) is 11.0 Å². The molecule has 10 nitrogen and oxygen atoms in total. The number of piperidine rings is 1. The number of hydrogen-bond donors (Lipinski definition) is 2. The molecule has 0 aromatic heterocycles. The van der Waals surface area contributed by atoms with Crippen LogP contribution in [0.5, 0.6) is 5.75 Å². The number of nitrogens with one attached hydrogen (secondary N) is 2. The summed E-state index contributed by atoms with van der Waals surface area (Å²) in [5, 5.41) is 12.2. The number of amides is 2. The summed E-state index contributed by atoms with van der Waals surface area (Å²) in [6.07, 6.45) is 3.06. The van der Waals surface area contributed by atoms with Gasteiger partial charge in [-0.25, -0.2) is 13.1 Å². The molecule has 0 atom stereocenters. The molecule has 0 unspecified atom stereocenters. The van der Waals surface area contributed by atoms with Gasteiger partial charge in [0.2, 0.25) is 5.91 Å². The van der Waals surface area contributed by atoms with Crippen LogP contribution in [0, 0.1) is 25.2 Å². The number of likely N-dealkylation sites (tertiary alicyclic amines) is 1. The van der Waals surface area contributed by atoms with Gasteiger partial charge in [-0.05, 0) is 106 Å². The van der Waals surface area contributed by atoms with Gasteiger partial charge in [0.1, 0.15) is 5.75 Å². The maximum atomic E-state index is 13.3. The monoisotopic (exact) mass is 622 g/mol. The highest BCUT2D eigenvalue weighted by Gasteiger charge is 2.22. The number of nitrogens with zero attached hydrogens (tertiary/aromatic N) is 2. The summed E-state index contributed by atoms with van der Waals surface area (Å²) in [4.78, 5) is 40.2. The van der Waals surface area contributed by atoms with Gasteiger partial charge in [-0.3, -0.25) is 19.3 Å². The number of anilines is 1. The van der Waals surface area contributed by atoms with Crippen molar-refractivity contribution in [3.05, 3.63) is 87.4 Å². The van der Waals surface area contributed by atoms with Crippen LogP contribution < -0.4 is 14.8 Å². The quantitative estimate of drug-likeness (QED) is 0.317. The number of ketones is 1. The Labute approximate surface area is 255 Å². The van der Waals surface area contributed by atoms with Crippen molar-refractivity contribution in [2.24, 2.45) is 0 Å². The van der Waals surface area contributed by atoms with E-state index in [-0.39, 0.29) is 28.3 Å². The van der Waals surface area contributed by atoms with Gasteiger partial charge in [0, 0.05) is 16.3 Å². The Hall–Kier alpha value is -4.24. The minimum atomic E-state index is -4.10. The standard InChI is InChI=1S/C31H31ClN4O6S/c1-20-12-22(17-33)15-23(13-20)31(39)26-16-24(32)6-9-28(26)42-19-30(38)34-27-8-7-25(14-21(27)2)43(40,41)35-29(37)18-36-10-4-3-5-11-36/h6-9,12-16H,3-5,10-11,18-19H2,1-2H3,(H,34,38)(H,35,37). The fraction of sp³-hybridized carbons (Fsp3) is 0.290. The van der Waals surface area contributed by atoms with Gasteiger partial charge in [0.05, 0.1) is 28.6 Å². The number of ether oxygens (including phenoxy) is 1. The highest BCUT2D eigenvalue weighted by molar-refractivity contribution is 7.90. The molecule has 0 radical (unpaired) electrons. The number of aryl methyl sites for hydroxylation is 2. The van der Waals surface area contributed by atoms with Crippen molar-refractivity contribution in [3.63, 3.8) is 0 Å².